The molecule has 0 aliphatic carbocycles. The fourth-order valence-electron chi connectivity index (χ4n) is 1.86. The molecule has 1 aromatic carbocycles. The Morgan fingerprint density at radius 2 is 1.95 bits per heavy atom. The highest BCUT2D eigenvalue weighted by molar-refractivity contribution is 5.96. The number of esters is 1. The normalized spacial score (nSPS) is 14.7. The first-order valence-corrected chi connectivity index (χ1v) is 6.62. The van der Waals surface area contributed by atoms with Gasteiger partial charge in [0.2, 0.25) is 0 Å². The summed E-state index contributed by atoms with van der Waals surface area (Å²) >= 11 is 0. The molecule has 0 aliphatic rings. The van der Waals surface area contributed by atoms with Crippen LogP contribution in [0.1, 0.15) is 37.6 Å². The van der Waals surface area contributed by atoms with Crippen molar-refractivity contribution >= 4 is 11.8 Å². The number of nitriles is 1. The molecule has 1 rings (SSSR count). The van der Waals surface area contributed by atoms with E-state index in [-0.39, 0.29) is 18.8 Å². The van der Waals surface area contributed by atoms with Crippen LogP contribution in [0.15, 0.2) is 30.3 Å². The van der Waals surface area contributed by atoms with E-state index in [2.05, 4.69) is 0 Å². The Labute approximate surface area is 119 Å². The Morgan fingerprint density at radius 1 is 1.35 bits per heavy atom. The van der Waals surface area contributed by atoms with E-state index in [1.807, 2.05) is 12.1 Å². The predicted molar refractivity (Wildman–Crippen MR) is 74.9 cm³/mol. The summed E-state index contributed by atoms with van der Waals surface area (Å²) in [7, 11) is 0. The first-order valence-electron chi connectivity index (χ1n) is 6.62. The molecule has 0 N–H and O–H groups in total. The number of rotatable bonds is 6. The van der Waals surface area contributed by atoms with Crippen LogP contribution in [-0.2, 0) is 9.53 Å². The number of ether oxygens (including phenoxy) is 1. The Bertz CT molecular complexity index is 518. The summed E-state index contributed by atoms with van der Waals surface area (Å²) in [6.45, 7) is 5.15. The molecule has 4 heteroatoms. The summed E-state index contributed by atoms with van der Waals surface area (Å²) in [5.41, 5.74) is -0.719. The van der Waals surface area contributed by atoms with E-state index in [9.17, 15) is 14.9 Å². The lowest BCUT2D eigenvalue weighted by molar-refractivity contribution is -0.153. The summed E-state index contributed by atoms with van der Waals surface area (Å²) in [6.07, 6.45) is 0.132. The topological polar surface area (TPSA) is 67.2 Å². The van der Waals surface area contributed by atoms with Gasteiger partial charge in [-0.1, -0.05) is 37.3 Å². The smallest absolute Gasteiger partial charge is 0.326 e. The molecule has 0 heterocycles. The van der Waals surface area contributed by atoms with Crippen molar-refractivity contribution < 1.29 is 14.3 Å². The average molecular weight is 273 g/mol. The molecule has 4 nitrogen and oxygen atoms in total. The number of nitrogens with zero attached hydrogens (tertiary/aromatic N) is 1. The van der Waals surface area contributed by atoms with Gasteiger partial charge in [0.05, 0.1) is 12.7 Å². The molecule has 0 unspecified atom stereocenters. The molecule has 0 radical (unpaired) electrons. The van der Waals surface area contributed by atoms with Crippen molar-refractivity contribution in [1.82, 2.24) is 0 Å². The lowest BCUT2D eigenvalue weighted by Gasteiger charge is -2.26. The van der Waals surface area contributed by atoms with Gasteiger partial charge in [0.1, 0.15) is 0 Å². The molecule has 106 valence electrons. The molecule has 0 fully saturated rings. The number of ketones is 1. The molecular formula is C16H19NO3. The van der Waals surface area contributed by atoms with Crippen LogP contribution in [0.4, 0.5) is 0 Å². The average Bonchev–Trinajstić information content (AvgIpc) is 2.47. The maximum absolute atomic E-state index is 12.1. The fraction of sp³-hybridized carbons (Fsp3) is 0.438. The van der Waals surface area contributed by atoms with Gasteiger partial charge in [0, 0.05) is 12.0 Å². The Hall–Kier alpha value is -2.15. The minimum Gasteiger partial charge on any atom is -0.465 e. The maximum Gasteiger partial charge on any atom is 0.326 e. The van der Waals surface area contributed by atoms with Crippen molar-refractivity contribution in [1.29, 1.82) is 5.26 Å². The number of hydrogen-bond donors (Lipinski definition) is 0. The van der Waals surface area contributed by atoms with Crippen molar-refractivity contribution in [3.8, 4) is 6.07 Å². The minimum absolute atomic E-state index is 0.0797. The second-order valence-corrected chi connectivity index (χ2v) is 4.93. The van der Waals surface area contributed by atoms with Crippen molar-refractivity contribution in [2.24, 2.45) is 11.3 Å². The Morgan fingerprint density at radius 3 is 2.45 bits per heavy atom. The van der Waals surface area contributed by atoms with E-state index in [1.165, 1.54) is 6.92 Å². The second-order valence-electron chi connectivity index (χ2n) is 4.93. The first kappa shape index (κ1) is 15.9. The third-order valence-electron chi connectivity index (χ3n) is 3.50. The number of benzene rings is 1. The molecule has 0 spiro atoms. The number of Topliss-reactive ketones (excluding diaryl/α,β-unsaturated/α-hetero) is 1. The molecule has 20 heavy (non-hydrogen) atoms. The molecule has 0 saturated heterocycles. The van der Waals surface area contributed by atoms with Crippen LogP contribution in [0.3, 0.4) is 0 Å². The van der Waals surface area contributed by atoms with Crippen LogP contribution >= 0.6 is 0 Å². The van der Waals surface area contributed by atoms with Gasteiger partial charge in [-0.05, 0) is 19.8 Å². The maximum atomic E-state index is 12.1. The minimum atomic E-state index is -1.31. The number of carbonyl (C=O) groups excluding carboxylic acids is 2. The van der Waals surface area contributed by atoms with E-state index < -0.39 is 17.3 Å². The van der Waals surface area contributed by atoms with Gasteiger partial charge in [0.15, 0.2) is 11.2 Å². The van der Waals surface area contributed by atoms with E-state index >= 15 is 0 Å². The van der Waals surface area contributed by atoms with Gasteiger partial charge in [0.25, 0.3) is 0 Å². The summed E-state index contributed by atoms with van der Waals surface area (Å²) in [5.74, 6) is -1.07. The Kier molecular flexibility index (Phi) is 5.45. The van der Waals surface area contributed by atoms with E-state index in [0.29, 0.717) is 5.56 Å². The third kappa shape index (κ3) is 3.45. The van der Waals surface area contributed by atoms with Gasteiger partial charge < -0.3 is 4.74 Å². The molecule has 0 saturated carbocycles. The van der Waals surface area contributed by atoms with Gasteiger partial charge in [-0.15, -0.1) is 0 Å². The zero-order valence-electron chi connectivity index (χ0n) is 12.1. The second kappa shape index (κ2) is 6.85. The van der Waals surface area contributed by atoms with E-state index in [1.54, 1.807) is 38.1 Å². The van der Waals surface area contributed by atoms with Crippen LogP contribution in [0.2, 0.25) is 0 Å². The summed E-state index contributed by atoms with van der Waals surface area (Å²) in [6, 6.07) is 10.8. The van der Waals surface area contributed by atoms with Gasteiger partial charge in [-0.2, -0.15) is 5.26 Å². The van der Waals surface area contributed by atoms with Gasteiger partial charge >= 0.3 is 5.97 Å². The fourth-order valence-corrected chi connectivity index (χ4v) is 1.86. The molecule has 1 aromatic rings. The van der Waals surface area contributed by atoms with E-state index in [4.69, 9.17) is 4.74 Å². The standard InChI is InChI=1S/C16H19NO3/c1-4-20-15(19)16(3,11-17)12(2)10-14(18)13-8-6-5-7-9-13/h5-9,12H,4,10H2,1-3H3/t12-,16+/m1/s1. The van der Waals surface area contributed by atoms with E-state index in [0.717, 1.165) is 0 Å². The lowest BCUT2D eigenvalue weighted by Crippen LogP contribution is -2.36. The van der Waals surface area contributed by atoms with Crippen molar-refractivity contribution in [3.05, 3.63) is 35.9 Å². The quantitative estimate of drug-likeness (QED) is 0.590. The van der Waals surface area contributed by atoms with Crippen molar-refractivity contribution in [2.45, 2.75) is 27.2 Å². The van der Waals surface area contributed by atoms with Crippen LogP contribution in [0.25, 0.3) is 0 Å². The molecule has 0 bridgehead atoms. The SMILES string of the molecule is CCOC(=O)[C@@](C)(C#N)[C@H](C)CC(=O)c1ccccc1. The summed E-state index contributed by atoms with van der Waals surface area (Å²) in [4.78, 5) is 24.0. The Balaban J connectivity index is 2.83. The van der Waals surface area contributed by atoms with Crippen LogP contribution in [0, 0.1) is 22.7 Å². The predicted octanol–water partition coefficient (Wildman–Crippen LogP) is 2.99. The van der Waals surface area contributed by atoms with Gasteiger partial charge in [-0.3, -0.25) is 9.59 Å². The molecular weight excluding hydrogens is 254 g/mol. The molecule has 0 aromatic heterocycles. The number of hydrogen-bond acceptors (Lipinski definition) is 4. The monoisotopic (exact) mass is 273 g/mol. The largest absolute Gasteiger partial charge is 0.465 e. The van der Waals surface area contributed by atoms with Crippen LogP contribution < -0.4 is 0 Å². The highest BCUT2D eigenvalue weighted by Gasteiger charge is 2.41. The molecule has 2 atom stereocenters. The van der Waals surface area contributed by atoms with Crippen LogP contribution in [-0.4, -0.2) is 18.4 Å². The molecule has 0 amide bonds. The highest BCUT2D eigenvalue weighted by Crippen LogP contribution is 2.31. The first-order chi connectivity index (χ1) is 9.45. The lowest BCUT2D eigenvalue weighted by atomic mass is 9.76. The zero-order chi connectivity index (χ0) is 15.2. The van der Waals surface area contributed by atoms with Gasteiger partial charge in [-0.25, -0.2) is 0 Å². The summed E-state index contributed by atoms with van der Waals surface area (Å²) in [5, 5.41) is 9.27. The third-order valence-corrected chi connectivity index (χ3v) is 3.50. The summed E-state index contributed by atoms with van der Waals surface area (Å²) < 4.78 is 4.93. The van der Waals surface area contributed by atoms with Crippen molar-refractivity contribution in [2.75, 3.05) is 6.61 Å². The van der Waals surface area contributed by atoms with Crippen LogP contribution in [0.5, 0.6) is 0 Å². The number of carbonyl (C=O) groups is 2. The zero-order valence-corrected chi connectivity index (χ0v) is 12.1. The molecule has 0 aliphatic heterocycles. The highest BCUT2D eigenvalue weighted by atomic mass is 16.5. The van der Waals surface area contributed by atoms with Crippen molar-refractivity contribution in [3.63, 3.8) is 0 Å².